The van der Waals surface area contributed by atoms with E-state index < -0.39 is 0 Å². The SMILES string of the molecule is Cn1ccnc1SC1CCC(Nc2cc(C3CC3)nn3cnnc23)CC1. The number of aromatic nitrogens is 6. The largest absolute Gasteiger partial charge is 0.379 e. The molecule has 2 fully saturated rings. The van der Waals surface area contributed by atoms with Crippen LogP contribution >= 0.6 is 11.8 Å². The standard InChI is InChI=1S/C18H23N7S/c1-24-9-8-19-18(24)26-14-6-4-13(5-7-14)21-16-10-15(12-2-3-12)23-25-11-20-22-17(16)25/h8-14,21H,2-7H2,1H3. The highest BCUT2D eigenvalue weighted by Crippen LogP contribution is 2.40. The molecule has 3 heterocycles. The molecule has 0 aliphatic heterocycles. The van der Waals surface area contributed by atoms with Crippen molar-refractivity contribution in [3.63, 3.8) is 0 Å². The Balaban J connectivity index is 1.26. The molecule has 8 heteroatoms. The summed E-state index contributed by atoms with van der Waals surface area (Å²) in [5.74, 6) is 0.618. The van der Waals surface area contributed by atoms with Gasteiger partial charge in [0.1, 0.15) is 6.33 Å². The lowest BCUT2D eigenvalue weighted by molar-refractivity contribution is 0.472. The van der Waals surface area contributed by atoms with Crippen molar-refractivity contribution in [3.05, 3.63) is 30.5 Å². The van der Waals surface area contributed by atoms with Crippen LogP contribution in [-0.2, 0) is 7.05 Å². The van der Waals surface area contributed by atoms with Crippen molar-refractivity contribution >= 4 is 23.1 Å². The van der Waals surface area contributed by atoms with Crippen molar-refractivity contribution in [2.45, 2.75) is 60.9 Å². The van der Waals surface area contributed by atoms with Crippen molar-refractivity contribution < 1.29 is 0 Å². The molecule has 0 saturated heterocycles. The topological polar surface area (TPSA) is 72.9 Å². The number of nitrogens with one attached hydrogen (secondary N) is 1. The first-order chi connectivity index (χ1) is 12.8. The summed E-state index contributed by atoms with van der Waals surface area (Å²) >= 11 is 1.91. The van der Waals surface area contributed by atoms with Gasteiger partial charge in [0, 0.05) is 36.7 Å². The van der Waals surface area contributed by atoms with Crippen LogP contribution in [0.4, 0.5) is 5.69 Å². The fourth-order valence-corrected chi connectivity index (χ4v) is 4.85. The van der Waals surface area contributed by atoms with E-state index in [9.17, 15) is 0 Å². The number of nitrogens with zero attached hydrogens (tertiary/aromatic N) is 6. The van der Waals surface area contributed by atoms with E-state index >= 15 is 0 Å². The Labute approximate surface area is 156 Å². The molecule has 0 aromatic carbocycles. The van der Waals surface area contributed by atoms with Gasteiger partial charge in [-0.05, 0) is 44.6 Å². The predicted molar refractivity (Wildman–Crippen MR) is 101 cm³/mol. The van der Waals surface area contributed by atoms with Crippen molar-refractivity contribution in [3.8, 4) is 0 Å². The maximum atomic E-state index is 4.65. The van der Waals surface area contributed by atoms with Gasteiger partial charge in [-0.25, -0.2) is 4.98 Å². The van der Waals surface area contributed by atoms with Gasteiger partial charge in [0.2, 0.25) is 5.65 Å². The number of rotatable bonds is 5. The predicted octanol–water partition coefficient (Wildman–Crippen LogP) is 3.25. The summed E-state index contributed by atoms with van der Waals surface area (Å²) in [6, 6.07) is 2.68. The van der Waals surface area contributed by atoms with Gasteiger partial charge in [-0.3, -0.25) is 0 Å². The Morgan fingerprint density at radius 2 is 2.00 bits per heavy atom. The van der Waals surface area contributed by atoms with E-state index in [0.29, 0.717) is 17.2 Å². The van der Waals surface area contributed by atoms with Gasteiger partial charge in [0.15, 0.2) is 5.16 Å². The summed E-state index contributed by atoms with van der Waals surface area (Å²) in [7, 11) is 2.06. The van der Waals surface area contributed by atoms with Gasteiger partial charge < -0.3 is 9.88 Å². The molecule has 1 N–H and O–H groups in total. The molecule has 136 valence electrons. The Hall–Kier alpha value is -2.09. The molecule has 5 rings (SSSR count). The zero-order valence-electron chi connectivity index (χ0n) is 14.9. The quantitative estimate of drug-likeness (QED) is 0.744. The average Bonchev–Trinajstić information content (AvgIpc) is 3.26. The van der Waals surface area contributed by atoms with Gasteiger partial charge in [0.25, 0.3) is 0 Å². The Morgan fingerprint density at radius 1 is 1.15 bits per heavy atom. The van der Waals surface area contributed by atoms with Gasteiger partial charge >= 0.3 is 0 Å². The summed E-state index contributed by atoms with van der Waals surface area (Å²) < 4.78 is 3.92. The monoisotopic (exact) mass is 369 g/mol. The van der Waals surface area contributed by atoms with Crippen molar-refractivity contribution in [1.29, 1.82) is 0 Å². The van der Waals surface area contributed by atoms with Crippen molar-refractivity contribution in [1.82, 2.24) is 29.4 Å². The van der Waals surface area contributed by atoms with E-state index in [1.165, 1.54) is 44.2 Å². The third-order valence-electron chi connectivity index (χ3n) is 5.37. The molecule has 3 aromatic heterocycles. The second kappa shape index (κ2) is 6.57. The molecule has 0 radical (unpaired) electrons. The van der Waals surface area contributed by atoms with Gasteiger partial charge in [-0.1, -0.05) is 11.8 Å². The average molecular weight is 369 g/mol. The molecule has 7 nitrogen and oxygen atoms in total. The number of fused-ring (bicyclic) bond motifs is 1. The zero-order chi connectivity index (χ0) is 17.5. The molecule has 0 amide bonds. The van der Waals surface area contributed by atoms with Gasteiger partial charge in [0.05, 0.1) is 11.4 Å². The second-order valence-electron chi connectivity index (χ2n) is 7.41. The van der Waals surface area contributed by atoms with Crippen LogP contribution in [0, 0.1) is 0 Å². The highest BCUT2D eigenvalue weighted by atomic mass is 32.2. The summed E-state index contributed by atoms with van der Waals surface area (Å²) in [5, 5.41) is 18.4. The number of anilines is 1. The highest BCUT2D eigenvalue weighted by molar-refractivity contribution is 7.99. The van der Waals surface area contributed by atoms with E-state index in [0.717, 1.165) is 16.5 Å². The summed E-state index contributed by atoms with van der Waals surface area (Å²) in [4.78, 5) is 4.44. The normalized spacial score (nSPS) is 23.4. The number of hydrogen-bond donors (Lipinski definition) is 1. The molecular formula is C18H23N7S. The van der Waals surface area contributed by atoms with Crippen LogP contribution < -0.4 is 5.32 Å². The van der Waals surface area contributed by atoms with Crippen LogP contribution in [0.5, 0.6) is 0 Å². The third-order valence-corrected chi connectivity index (χ3v) is 6.77. The lowest BCUT2D eigenvalue weighted by Crippen LogP contribution is -2.27. The number of imidazole rings is 1. The lowest BCUT2D eigenvalue weighted by atomic mass is 9.95. The summed E-state index contributed by atoms with van der Waals surface area (Å²) in [6.07, 6.45) is 12.8. The van der Waals surface area contributed by atoms with Crippen LogP contribution in [0.2, 0.25) is 0 Å². The minimum Gasteiger partial charge on any atom is -0.379 e. The molecule has 0 atom stereocenters. The van der Waals surface area contributed by atoms with Crippen molar-refractivity contribution in [2.75, 3.05) is 5.32 Å². The first-order valence-corrected chi connectivity index (χ1v) is 10.3. The zero-order valence-corrected chi connectivity index (χ0v) is 15.7. The molecule has 0 unspecified atom stereocenters. The highest BCUT2D eigenvalue weighted by Gasteiger charge is 2.28. The van der Waals surface area contributed by atoms with Crippen LogP contribution in [0.3, 0.4) is 0 Å². The van der Waals surface area contributed by atoms with Crippen LogP contribution in [0.1, 0.15) is 50.1 Å². The molecule has 2 aliphatic carbocycles. The fourth-order valence-electron chi connectivity index (χ4n) is 3.69. The Bertz CT molecular complexity index is 905. The summed E-state index contributed by atoms with van der Waals surface area (Å²) in [6.45, 7) is 0. The Kier molecular flexibility index (Phi) is 4.07. The third kappa shape index (κ3) is 3.18. The van der Waals surface area contributed by atoms with E-state index in [4.69, 9.17) is 0 Å². The van der Waals surface area contributed by atoms with E-state index in [-0.39, 0.29) is 0 Å². The Morgan fingerprint density at radius 3 is 2.73 bits per heavy atom. The molecule has 2 aliphatic rings. The van der Waals surface area contributed by atoms with Gasteiger partial charge in [-0.2, -0.15) is 9.61 Å². The van der Waals surface area contributed by atoms with E-state index in [1.54, 1.807) is 6.33 Å². The first kappa shape index (κ1) is 16.1. The second-order valence-corrected chi connectivity index (χ2v) is 8.68. The molecule has 2 saturated carbocycles. The number of thioether (sulfide) groups is 1. The molecule has 0 spiro atoms. The maximum absolute atomic E-state index is 4.65. The van der Waals surface area contributed by atoms with Crippen LogP contribution in [0.25, 0.3) is 5.65 Å². The first-order valence-electron chi connectivity index (χ1n) is 9.38. The molecule has 26 heavy (non-hydrogen) atoms. The van der Waals surface area contributed by atoms with Gasteiger partial charge in [-0.15, -0.1) is 10.2 Å². The van der Waals surface area contributed by atoms with Crippen LogP contribution in [-0.4, -0.2) is 40.7 Å². The van der Waals surface area contributed by atoms with E-state index in [1.807, 2.05) is 28.7 Å². The maximum Gasteiger partial charge on any atom is 0.200 e. The lowest BCUT2D eigenvalue weighted by Gasteiger charge is -2.29. The molecule has 3 aromatic rings. The summed E-state index contributed by atoms with van der Waals surface area (Å²) in [5.41, 5.74) is 3.08. The minimum atomic E-state index is 0.489. The number of hydrogen-bond acceptors (Lipinski definition) is 6. The minimum absolute atomic E-state index is 0.489. The molecule has 0 bridgehead atoms. The van der Waals surface area contributed by atoms with E-state index in [2.05, 4.69) is 43.3 Å². The number of aryl methyl sites for hydroxylation is 1. The fraction of sp³-hybridized carbons (Fsp3) is 0.556. The smallest absolute Gasteiger partial charge is 0.200 e. The van der Waals surface area contributed by atoms with Crippen molar-refractivity contribution in [2.24, 2.45) is 7.05 Å². The molecular weight excluding hydrogens is 346 g/mol. The van der Waals surface area contributed by atoms with Crippen LogP contribution in [0.15, 0.2) is 29.9 Å².